The van der Waals surface area contributed by atoms with Crippen LogP contribution in [-0.2, 0) is 4.79 Å². The van der Waals surface area contributed by atoms with Crippen molar-refractivity contribution in [3.05, 3.63) is 12.2 Å². The Morgan fingerprint density at radius 1 is 1.64 bits per heavy atom. The van der Waals surface area contributed by atoms with Gasteiger partial charge in [0.15, 0.2) is 5.78 Å². The molecule has 11 heavy (non-hydrogen) atoms. The van der Waals surface area contributed by atoms with Gasteiger partial charge in [-0.2, -0.15) is 0 Å². The summed E-state index contributed by atoms with van der Waals surface area (Å²) in [5.41, 5.74) is 0.585. The van der Waals surface area contributed by atoms with Gasteiger partial charge in [-0.1, -0.05) is 20.4 Å². The number of rotatable bonds is 0. The van der Waals surface area contributed by atoms with Gasteiger partial charge in [-0.05, 0) is 17.4 Å². The van der Waals surface area contributed by atoms with Crippen molar-refractivity contribution in [3.8, 4) is 0 Å². The number of hydrogen-bond donors (Lipinski definition) is 1. The topological polar surface area (TPSA) is 37.3 Å². The predicted octanol–water partition coefficient (Wildman–Crippen LogP) is 1.29. The Labute approximate surface area is 66.9 Å². The van der Waals surface area contributed by atoms with Crippen LogP contribution < -0.4 is 0 Å². The molecule has 1 aliphatic carbocycles. The Kier molecular flexibility index (Phi) is 1.89. The van der Waals surface area contributed by atoms with Crippen LogP contribution >= 0.6 is 0 Å². The summed E-state index contributed by atoms with van der Waals surface area (Å²) in [6, 6.07) is 0. The van der Waals surface area contributed by atoms with Crippen LogP contribution in [0.15, 0.2) is 12.2 Å². The zero-order valence-electron chi connectivity index (χ0n) is 7.05. The summed E-state index contributed by atoms with van der Waals surface area (Å²) in [5, 5.41) is 9.33. The second kappa shape index (κ2) is 2.45. The van der Waals surface area contributed by atoms with Crippen molar-refractivity contribution in [2.45, 2.75) is 32.8 Å². The number of aliphatic hydroxyl groups excluding tert-OH is 1. The van der Waals surface area contributed by atoms with Crippen LogP contribution in [0.1, 0.15) is 26.7 Å². The van der Waals surface area contributed by atoms with Crippen molar-refractivity contribution in [2.75, 3.05) is 0 Å². The summed E-state index contributed by atoms with van der Waals surface area (Å²) < 4.78 is 0. The zero-order chi connectivity index (χ0) is 8.65. The van der Waals surface area contributed by atoms with E-state index in [-0.39, 0.29) is 11.2 Å². The van der Waals surface area contributed by atoms with E-state index in [1.807, 2.05) is 13.8 Å². The van der Waals surface area contributed by atoms with Crippen LogP contribution in [0.25, 0.3) is 0 Å². The number of carbonyl (C=O) groups excluding carboxylic acids is 1. The molecule has 0 saturated heterocycles. The average Bonchev–Trinajstić information content (AvgIpc) is 1.95. The maximum Gasteiger partial charge on any atom is 0.165 e. The first-order valence-corrected chi connectivity index (χ1v) is 3.85. The van der Waals surface area contributed by atoms with Crippen molar-refractivity contribution < 1.29 is 9.90 Å². The van der Waals surface area contributed by atoms with Gasteiger partial charge in [0.2, 0.25) is 0 Å². The highest BCUT2D eigenvalue weighted by Crippen LogP contribution is 2.37. The lowest BCUT2D eigenvalue weighted by molar-refractivity contribution is -0.128. The van der Waals surface area contributed by atoms with E-state index >= 15 is 0 Å². The molecule has 0 aromatic carbocycles. The van der Waals surface area contributed by atoms with Gasteiger partial charge in [0.1, 0.15) is 6.10 Å². The van der Waals surface area contributed by atoms with Crippen molar-refractivity contribution in [1.82, 2.24) is 0 Å². The lowest BCUT2D eigenvalue weighted by Gasteiger charge is -2.34. The minimum Gasteiger partial charge on any atom is -0.381 e. The van der Waals surface area contributed by atoms with Crippen LogP contribution in [0.5, 0.6) is 0 Å². The number of Topliss-reactive ketones (excluding diaryl/α,β-unsaturated/α-hetero) is 1. The van der Waals surface area contributed by atoms with E-state index < -0.39 is 6.10 Å². The fourth-order valence-electron chi connectivity index (χ4n) is 1.30. The lowest BCUT2D eigenvalue weighted by Crippen LogP contribution is -2.36. The monoisotopic (exact) mass is 154 g/mol. The summed E-state index contributed by atoms with van der Waals surface area (Å²) in [6.45, 7) is 7.74. The molecule has 0 aromatic rings. The van der Waals surface area contributed by atoms with Crippen molar-refractivity contribution in [3.63, 3.8) is 0 Å². The quantitative estimate of drug-likeness (QED) is 0.534. The SMILES string of the molecule is C=C1C(O)C(=O)CCC1(C)C. The Morgan fingerprint density at radius 2 is 2.18 bits per heavy atom. The summed E-state index contributed by atoms with van der Waals surface area (Å²) >= 11 is 0. The Hall–Kier alpha value is -0.630. The molecule has 1 aliphatic rings. The first-order valence-electron chi connectivity index (χ1n) is 3.85. The highest BCUT2D eigenvalue weighted by molar-refractivity contribution is 5.87. The van der Waals surface area contributed by atoms with E-state index in [9.17, 15) is 9.90 Å². The van der Waals surface area contributed by atoms with Gasteiger partial charge in [0, 0.05) is 6.42 Å². The van der Waals surface area contributed by atoms with E-state index in [1.165, 1.54) is 0 Å². The minimum atomic E-state index is -0.918. The van der Waals surface area contributed by atoms with E-state index in [2.05, 4.69) is 6.58 Å². The van der Waals surface area contributed by atoms with Crippen LogP contribution in [0.2, 0.25) is 0 Å². The maximum atomic E-state index is 11.0. The highest BCUT2D eigenvalue weighted by atomic mass is 16.3. The minimum absolute atomic E-state index is 0.0761. The fraction of sp³-hybridized carbons (Fsp3) is 0.667. The van der Waals surface area contributed by atoms with Crippen molar-refractivity contribution in [2.24, 2.45) is 5.41 Å². The first kappa shape index (κ1) is 8.47. The smallest absolute Gasteiger partial charge is 0.165 e. The van der Waals surface area contributed by atoms with E-state index in [0.717, 1.165) is 6.42 Å². The second-order valence-corrected chi connectivity index (χ2v) is 3.78. The van der Waals surface area contributed by atoms with Gasteiger partial charge in [-0.3, -0.25) is 4.79 Å². The molecule has 1 saturated carbocycles. The normalized spacial score (nSPS) is 30.6. The lowest BCUT2D eigenvalue weighted by atomic mass is 9.72. The molecule has 0 aliphatic heterocycles. The number of ketones is 1. The summed E-state index contributed by atoms with van der Waals surface area (Å²) in [6.07, 6.45) is 0.369. The average molecular weight is 154 g/mol. The molecule has 1 rings (SSSR count). The van der Waals surface area contributed by atoms with Gasteiger partial charge < -0.3 is 5.11 Å². The molecule has 0 bridgehead atoms. The third-order valence-electron chi connectivity index (χ3n) is 2.50. The zero-order valence-corrected chi connectivity index (χ0v) is 7.05. The molecular weight excluding hydrogens is 140 g/mol. The Bertz CT molecular complexity index is 204. The molecular formula is C9H14O2. The van der Waals surface area contributed by atoms with Crippen LogP contribution in [0.3, 0.4) is 0 Å². The summed E-state index contributed by atoms with van der Waals surface area (Å²) in [4.78, 5) is 11.0. The number of carbonyl (C=O) groups is 1. The summed E-state index contributed by atoms with van der Waals surface area (Å²) in [7, 11) is 0. The van der Waals surface area contributed by atoms with Gasteiger partial charge >= 0.3 is 0 Å². The fourth-order valence-corrected chi connectivity index (χ4v) is 1.30. The molecule has 0 heterocycles. The predicted molar refractivity (Wildman–Crippen MR) is 43.2 cm³/mol. The third-order valence-corrected chi connectivity index (χ3v) is 2.50. The Balaban J connectivity index is 2.84. The molecule has 1 fully saturated rings. The van der Waals surface area contributed by atoms with Crippen LogP contribution in [-0.4, -0.2) is 17.0 Å². The molecule has 0 radical (unpaired) electrons. The number of aliphatic hydroxyl groups is 1. The largest absolute Gasteiger partial charge is 0.381 e. The molecule has 2 nitrogen and oxygen atoms in total. The maximum absolute atomic E-state index is 11.0. The van der Waals surface area contributed by atoms with Crippen molar-refractivity contribution >= 4 is 5.78 Å². The van der Waals surface area contributed by atoms with Gasteiger partial charge in [-0.15, -0.1) is 0 Å². The Morgan fingerprint density at radius 3 is 2.64 bits per heavy atom. The molecule has 62 valence electrons. The van der Waals surface area contributed by atoms with Gasteiger partial charge in [-0.25, -0.2) is 0 Å². The number of hydrogen-bond acceptors (Lipinski definition) is 2. The molecule has 0 aromatic heterocycles. The standard InChI is InChI=1S/C9H14O2/c1-6-8(11)7(10)4-5-9(6,2)3/h8,11H,1,4-5H2,2-3H3. The highest BCUT2D eigenvalue weighted by Gasteiger charge is 2.35. The first-order chi connectivity index (χ1) is 4.95. The summed E-state index contributed by atoms with van der Waals surface area (Å²) in [5.74, 6) is -0.0886. The third kappa shape index (κ3) is 1.36. The molecule has 1 unspecified atom stereocenters. The van der Waals surface area contributed by atoms with Gasteiger partial charge in [0.05, 0.1) is 0 Å². The molecule has 0 spiro atoms. The van der Waals surface area contributed by atoms with E-state index in [4.69, 9.17) is 0 Å². The second-order valence-electron chi connectivity index (χ2n) is 3.78. The van der Waals surface area contributed by atoms with E-state index in [0.29, 0.717) is 12.0 Å². The van der Waals surface area contributed by atoms with Crippen LogP contribution in [0.4, 0.5) is 0 Å². The van der Waals surface area contributed by atoms with Gasteiger partial charge in [0.25, 0.3) is 0 Å². The van der Waals surface area contributed by atoms with E-state index in [1.54, 1.807) is 0 Å². The molecule has 1 N–H and O–H groups in total. The molecule has 0 amide bonds. The molecule has 1 atom stereocenters. The van der Waals surface area contributed by atoms with Crippen LogP contribution in [0, 0.1) is 5.41 Å². The van der Waals surface area contributed by atoms with Crippen molar-refractivity contribution in [1.29, 1.82) is 0 Å². The molecule has 2 heteroatoms.